The summed E-state index contributed by atoms with van der Waals surface area (Å²) in [4.78, 5) is 33.6. The molecule has 0 bridgehead atoms. The third kappa shape index (κ3) is 8.50. The number of hydrogen-bond donors (Lipinski definition) is 0. The minimum absolute atomic E-state index is 0.239. The van der Waals surface area contributed by atoms with Gasteiger partial charge in [0, 0.05) is 89.3 Å². The van der Waals surface area contributed by atoms with E-state index in [-0.39, 0.29) is 11.6 Å². The van der Waals surface area contributed by atoms with Crippen molar-refractivity contribution in [3.63, 3.8) is 0 Å². The normalized spacial score (nSPS) is 11.9. The molecule has 0 saturated heterocycles. The Balaban J connectivity index is 0.846. The number of allylic oxidation sites excluding steroid dienone is 5. The Bertz CT molecular complexity index is 4090. The summed E-state index contributed by atoms with van der Waals surface area (Å²) in [5.41, 5.74) is 13.9. The smallest absolute Gasteiger partial charge is 0.193 e. The van der Waals surface area contributed by atoms with Crippen molar-refractivity contribution < 1.29 is 9.59 Å². The highest BCUT2D eigenvalue weighted by atomic mass is 16.1. The Morgan fingerprint density at radius 2 is 0.813 bits per heavy atom. The first-order valence-electron chi connectivity index (χ1n) is 25.1. The van der Waals surface area contributed by atoms with Crippen LogP contribution in [0.4, 0.5) is 34.1 Å². The molecule has 0 aliphatic heterocycles. The Kier molecular flexibility index (Phi) is 12.2. The van der Waals surface area contributed by atoms with Crippen LogP contribution in [-0.2, 0) is 0 Å². The number of rotatable bonds is 14. The summed E-state index contributed by atoms with van der Waals surface area (Å²) < 4.78 is 4.48. The molecule has 358 valence electrons. The van der Waals surface area contributed by atoms with E-state index in [1.54, 1.807) is 36.4 Å². The largest absolute Gasteiger partial charge is 0.313 e. The number of carbonyl (C=O) groups excluding carboxylic acids is 2. The van der Waals surface area contributed by atoms with Crippen molar-refractivity contribution in [3.05, 3.63) is 302 Å². The molecule has 0 atom stereocenters. The zero-order valence-electron chi connectivity index (χ0n) is 41.3. The number of hydrogen-bond acceptors (Lipinski definition) is 4. The molecule has 0 radical (unpaired) electrons. The van der Waals surface area contributed by atoms with Gasteiger partial charge in [0.15, 0.2) is 11.6 Å². The van der Waals surface area contributed by atoms with Crippen LogP contribution in [0.5, 0.6) is 0 Å². The van der Waals surface area contributed by atoms with E-state index in [1.807, 2.05) is 61.5 Å². The second kappa shape index (κ2) is 19.9. The second-order valence-electron chi connectivity index (χ2n) is 18.5. The first kappa shape index (κ1) is 46.1. The van der Waals surface area contributed by atoms with Crippen LogP contribution < -0.4 is 9.80 Å². The topological polar surface area (TPSA) is 50.5 Å². The summed E-state index contributed by atoms with van der Waals surface area (Å²) in [6.07, 6.45) is 5.32. The number of carbonyl (C=O) groups is 2. The minimum atomic E-state index is -0.286. The standard InChI is InChI=1S/C69H50N4O2/c1-3-49(37-36-48(2)70-64-34-20-18-30-58(64)62-46-56(42-44-66(62)70)71(51-22-8-4-9-23-51)52-24-10-5-11-25-52)68(74)60-32-16-17-33-61(60)69(75)50-38-40-55(41-39-50)73-65-35-21-19-31-59(65)63-47-57(43-45-67(63)73)72(53-26-12-6-13-27-53)54-28-14-7-15-29-54/h3-47H,1H2,2H3/b48-36+,49-37+. The second-order valence-corrected chi connectivity index (χ2v) is 18.5. The van der Waals surface area contributed by atoms with E-state index in [2.05, 4.69) is 208 Å². The van der Waals surface area contributed by atoms with Gasteiger partial charge >= 0.3 is 0 Å². The quantitative estimate of drug-likeness (QED) is 0.0619. The molecule has 0 fully saturated rings. The highest BCUT2D eigenvalue weighted by molar-refractivity contribution is 6.20. The summed E-state index contributed by atoms with van der Waals surface area (Å²) >= 11 is 0. The Morgan fingerprint density at radius 1 is 0.400 bits per heavy atom. The van der Waals surface area contributed by atoms with E-state index in [0.717, 1.165) is 89.1 Å². The average molecular weight is 967 g/mol. The summed E-state index contributed by atoms with van der Waals surface area (Å²) in [7, 11) is 0. The first-order chi connectivity index (χ1) is 36.9. The van der Waals surface area contributed by atoms with Crippen LogP contribution in [0.1, 0.15) is 33.2 Å². The molecule has 2 aromatic heterocycles. The van der Waals surface area contributed by atoms with Gasteiger partial charge in [-0.05, 0) is 140 Å². The third-order valence-electron chi connectivity index (χ3n) is 14.0. The molecule has 10 aromatic carbocycles. The van der Waals surface area contributed by atoms with E-state index in [4.69, 9.17) is 0 Å². The fourth-order valence-corrected chi connectivity index (χ4v) is 10.5. The summed E-state index contributed by atoms with van der Waals surface area (Å²) in [6, 6.07) is 86.4. The molecule has 2 heterocycles. The van der Waals surface area contributed by atoms with Crippen LogP contribution in [0.15, 0.2) is 285 Å². The molecule has 0 aliphatic rings. The van der Waals surface area contributed by atoms with Gasteiger partial charge in [0.2, 0.25) is 0 Å². The van der Waals surface area contributed by atoms with Crippen LogP contribution in [0, 0.1) is 0 Å². The predicted octanol–water partition coefficient (Wildman–Crippen LogP) is 17.9. The molecule has 6 heteroatoms. The van der Waals surface area contributed by atoms with Crippen LogP contribution in [0.25, 0.3) is 55.0 Å². The van der Waals surface area contributed by atoms with Crippen molar-refractivity contribution in [1.29, 1.82) is 0 Å². The lowest BCUT2D eigenvalue weighted by molar-refractivity contribution is 0.100. The van der Waals surface area contributed by atoms with Gasteiger partial charge < -0.3 is 18.9 Å². The highest BCUT2D eigenvalue weighted by Gasteiger charge is 2.22. The number of nitrogens with zero attached hydrogens (tertiary/aromatic N) is 4. The Hall–Kier alpha value is -10.0. The van der Waals surface area contributed by atoms with Crippen LogP contribution in [0.3, 0.4) is 0 Å². The number of benzene rings is 10. The number of anilines is 6. The Morgan fingerprint density at radius 3 is 1.35 bits per heavy atom. The minimum Gasteiger partial charge on any atom is -0.313 e. The number of aromatic nitrogens is 2. The van der Waals surface area contributed by atoms with Gasteiger partial charge in [-0.15, -0.1) is 0 Å². The first-order valence-corrected chi connectivity index (χ1v) is 25.1. The molecule has 6 nitrogen and oxygen atoms in total. The van der Waals surface area contributed by atoms with Gasteiger partial charge in [-0.2, -0.15) is 0 Å². The van der Waals surface area contributed by atoms with E-state index in [9.17, 15) is 9.59 Å². The average Bonchev–Trinajstić information content (AvgIpc) is 3.99. The van der Waals surface area contributed by atoms with E-state index in [1.165, 1.54) is 0 Å². The lowest BCUT2D eigenvalue weighted by atomic mass is 9.93. The molecule has 12 aromatic rings. The molecule has 0 saturated carbocycles. The third-order valence-corrected chi connectivity index (χ3v) is 14.0. The molecule has 12 rings (SSSR count). The lowest BCUT2D eigenvalue weighted by Crippen LogP contribution is -2.11. The van der Waals surface area contributed by atoms with E-state index < -0.39 is 0 Å². The zero-order chi connectivity index (χ0) is 50.8. The van der Waals surface area contributed by atoms with Crippen molar-refractivity contribution in [2.24, 2.45) is 0 Å². The zero-order valence-corrected chi connectivity index (χ0v) is 41.3. The fourth-order valence-electron chi connectivity index (χ4n) is 10.5. The molecule has 75 heavy (non-hydrogen) atoms. The lowest BCUT2D eigenvalue weighted by Gasteiger charge is -2.25. The maximum atomic E-state index is 14.5. The predicted molar refractivity (Wildman–Crippen MR) is 312 cm³/mol. The van der Waals surface area contributed by atoms with Crippen molar-refractivity contribution in [2.45, 2.75) is 6.92 Å². The Labute approximate surface area is 435 Å². The molecule has 0 aliphatic carbocycles. The molecule has 0 spiro atoms. The monoisotopic (exact) mass is 966 g/mol. The number of ketones is 2. The van der Waals surface area contributed by atoms with Gasteiger partial charge in [0.05, 0.1) is 22.1 Å². The molecular formula is C69H50N4O2. The number of para-hydroxylation sites is 6. The molecule has 0 N–H and O–H groups in total. The van der Waals surface area contributed by atoms with Crippen molar-refractivity contribution in [3.8, 4) is 5.69 Å². The van der Waals surface area contributed by atoms with Crippen LogP contribution >= 0.6 is 0 Å². The number of Topliss-reactive ketones (excluding diaryl/α,β-unsaturated/α-hetero) is 1. The fraction of sp³-hybridized carbons (Fsp3) is 0.0145. The summed E-state index contributed by atoms with van der Waals surface area (Å²) in [6.45, 7) is 6.10. The number of fused-ring (bicyclic) bond motifs is 6. The SMILES string of the molecule is C=C/C(=C\C=C(/C)n1c2ccccc2c2cc(N(c3ccccc3)c3ccccc3)ccc21)C(=O)c1ccccc1C(=O)c1ccc(-n2c3ccccc3c3cc(N(c4ccccc4)c4ccccc4)ccc32)cc1. The van der Waals surface area contributed by atoms with E-state index >= 15 is 0 Å². The van der Waals surface area contributed by atoms with Crippen molar-refractivity contribution in [2.75, 3.05) is 9.80 Å². The summed E-state index contributed by atoms with van der Waals surface area (Å²) in [5, 5.41) is 4.46. The van der Waals surface area contributed by atoms with Crippen LogP contribution in [-0.4, -0.2) is 20.7 Å². The molecule has 0 unspecified atom stereocenters. The van der Waals surface area contributed by atoms with Gasteiger partial charge in [-0.3, -0.25) is 9.59 Å². The van der Waals surface area contributed by atoms with Crippen molar-refractivity contribution >= 4 is 95.0 Å². The van der Waals surface area contributed by atoms with Gasteiger partial charge in [-0.25, -0.2) is 0 Å². The van der Waals surface area contributed by atoms with Crippen LogP contribution in [0.2, 0.25) is 0 Å². The van der Waals surface area contributed by atoms with E-state index in [0.29, 0.717) is 22.3 Å². The van der Waals surface area contributed by atoms with Gasteiger partial charge in [-0.1, -0.05) is 146 Å². The van der Waals surface area contributed by atoms with Gasteiger partial charge in [0.1, 0.15) is 0 Å². The van der Waals surface area contributed by atoms with Crippen molar-refractivity contribution in [1.82, 2.24) is 9.13 Å². The molecular weight excluding hydrogens is 917 g/mol. The molecule has 0 amide bonds. The summed E-state index contributed by atoms with van der Waals surface area (Å²) in [5.74, 6) is -0.525. The maximum absolute atomic E-state index is 14.5. The van der Waals surface area contributed by atoms with Gasteiger partial charge in [0.25, 0.3) is 0 Å². The maximum Gasteiger partial charge on any atom is 0.193 e. The highest BCUT2D eigenvalue weighted by Crippen LogP contribution is 2.42.